The Balaban J connectivity index is 1.29. The normalized spacial score (nSPS) is 18.2. The lowest BCUT2D eigenvalue weighted by Gasteiger charge is -2.31. The van der Waals surface area contributed by atoms with Gasteiger partial charge in [-0.05, 0) is 31.7 Å². The summed E-state index contributed by atoms with van der Waals surface area (Å²) in [6.45, 7) is 2.53. The Bertz CT molecular complexity index is 1010. The summed E-state index contributed by atoms with van der Waals surface area (Å²) < 4.78 is 4.10. The summed E-state index contributed by atoms with van der Waals surface area (Å²) in [4.78, 5) is 19.3. The van der Waals surface area contributed by atoms with Crippen molar-refractivity contribution in [3.63, 3.8) is 0 Å². The molecule has 0 radical (unpaired) electrons. The standard InChI is InChI=1S/C20H25N7O/c1-25-17-11-15(12-21-16(17)13-22-25)20(28)26-9-6-14(7-10-26)19-24-23-18-5-3-2-4-8-27(18)19/h11-14H,2-10H2,1H3. The van der Waals surface area contributed by atoms with Crippen molar-refractivity contribution in [2.75, 3.05) is 13.1 Å². The number of carbonyl (C=O) groups is 1. The zero-order valence-corrected chi connectivity index (χ0v) is 16.2. The quantitative estimate of drug-likeness (QED) is 0.682. The first kappa shape index (κ1) is 17.3. The number of pyridine rings is 1. The Morgan fingerprint density at radius 2 is 1.93 bits per heavy atom. The number of likely N-dealkylation sites (tertiary alicyclic amines) is 1. The Kier molecular flexibility index (Phi) is 4.33. The molecule has 2 aliphatic rings. The lowest BCUT2D eigenvalue weighted by Crippen LogP contribution is -2.38. The van der Waals surface area contributed by atoms with Crippen LogP contribution in [0, 0.1) is 0 Å². The molecule has 0 aliphatic carbocycles. The summed E-state index contributed by atoms with van der Waals surface area (Å²) in [5.41, 5.74) is 2.32. The maximum absolute atomic E-state index is 13.0. The number of amides is 1. The topological polar surface area (TPSA) is 81.7 Å². The number of carbonyl (C=O) groups excluding carboxylic acids is 1. The van der Waals surface area contributed by atoms with E-state index >= 15 is 0 Å². The SMILES string of the molecule is Cn1ncc2ncc(C(=O)N3CCC(c4nnc5n4CCCCC5)CC3)cc21. The Labute approximate surface area is 163 Å². The molecule has 28 heavy (non-hydrogen) atoms. The van der Waals surface area contributed by atoms with E-state index < -0.39 is 0 Å². The lowest BCUT2D eigenvalue weighted by atomic mass is 9.95. The summed E-state index contributed by atoms with van der Waals surface area (Å²) in [6.07, 6.45) is 9.97. The smallest absolute Gasteiger partial charge is 0.255 e. The lowest BCUT2D eigenvalue weighted by molar-refractivity contribution is 0.0710. The molecule has 1 saturated heterocycles. The molecule has 0 atom stereocenters. The van der Waals surface area contributed by atoms with Crippen molar-refractivity contribution in [2.24, 2.45) is 7.05 Å². The number of hydrogen-bond donors (Lipinski definition) is 0. The molecule has 8 heteroatoms. The highest BCUT2D eigenvalue weighted by atomic mass is 16.2. The number of aryl methyl sites for hydroxylation is 2. The Morgan fingerprint density at radius 3 is 2.79 bits per heavy atom. The van der Waals surface area contributed by atoms with E-state index in [4.69, 9.17) is 0 Å². The molecular formula is C20H25N7O. The van der Waals surface area contributed by atoms with Crippen molar-refractivity contribution in [1.29, 1.82) is 0 Å². The molecule has 146 valence electrons. The summed E-state index contributed by atoms with van der Waals surface area (Å²) >= 11 is 0. The minimum Gasteiger partial charge on any atom is -0.339 e. The van der Waals surface area contributed by atoms with Crippen molar-refractivity contribution >= 4 is 16.9 Å². The molecule has 0 bridgehead atoms. The van der Waals surface area contributed by atoms with E-state index in [1.165, 1.54) is 19.3 Å². The van der Waals surface area contributed by atoms with Crippen molar-refractivity contribution in [1.82, 2.24) is 34.4 Å². The second-order valence-electron chi connectivity index (χ2n) is 7.90. The zero-order chi connectivity index (χ0) is 19.1. The van der Waals surface area contributed by atoms with Gasteiger partial charge in [-0.2, -0.15) is 5.10 Å². The number of fused-ring (bicyclic) bond motifs is 2. The van der Waals surface area contributed by atoms with Gasteiger partial charge in [0.05, 0.1) is 17.3 Å². The molecule has 1 fully saturated rings. The average Bonchev–Trinajstić information content (AvgIpc) is 3.22. The first-order valence-electron chi connectivity index (χ1n) is 10.2. The van der Waals surface area contributed by atoms with Gasteiger partial charge in [0, 0.05) is 45.2 Å². The fourth-order valence-corrected chi connectivity index (χ4v) is 4.48. The fraction of sp³-hybridized carbons (Fsp3) is 0.550. The first-order valence-corrected chi connectivity index (χ1v) is 10.2. The van der Waals surface area contributed by atoms with Crippen molar-refractivity contribution < 1.29 is 4.79 Å². The van der Waals surface area contributed by atoms with Crippen LogP contribution in [0.2, 0.25) is 0 Å². The third kappa shape index (κ3) is 2.96. The minimum absolute atomic E-state index is 0.0501. The van der Waals surface area contributed by atoms with Gasteiger partial charge >= 0.3 is 0 Å². The first-order chi connectivity index (χ1) is 13.7. The molecule has 0 N–H and O–H groups in total. The molecule has 8 nitrogen and oxygen atoms in total. The highest BCUT2D eigenvalue weighted by Gasteiger charge is 2.29. The minimum atomic E-state index is 0.0501. The molecule has 3 aromatic rings. The molecule has 5 heterocycles. The predicted octanol–water partition coefficient (Wildman–Crippen LogP) is 2.31. The number of nitrogens with zero attached hydrogens (tertiary/aromatic N) is 7. The third-order valence-corrected chi connectivity index (χ3v) is 6.13. The molecule has 5 rings (SSSR count). The fourth-order valence-electron chi connectivity index (χ4n) is 4.48. The third-order valence-electron chi connectivity index (χ3n) is 6.13. The van der Waals surface area contributed by atoms with Crippen molar-refractivity contribution in [3.05, 3.63) is 35.7 Å². The van der Waals surface area contributed by atoms with Crippen molar-refractivity contribution in [3.8, 4) is 0 Å². The number of rotatable bonds is 2. The average molecular weight is 379 g/mol. The number of piperidine rings is 1. The van der Waals surface area contributed by atoms with E-state index in [0.29, 0.717) is 11.5 Å². The molecule has 3 aromatic heterocycles. The molecule has 0 spiro atoms. The molecule has 2 aliphatic heterocycles. The van der Waals surface area contributed by atoms with Gasteiger partial charge in [-0.1, -0.05) is 6.42 Å². The van der Waals surface area contributed by atoms with Gasteiger partial charge in [0.2, 0.25) is 0 Å². The summed E-state index contributed by atoms with van der Waals surface area (Å²) in [5, 5.41) is 13.2. The van der Waals surface area contributed by atoms with E-state index in [1.54, 1.807) is 17.1 Å². The van der Waals surface area contributed by atoms with Crippen LogP contribution in [0.5, 0.6) is 0 Å². The van der Waals surface area contributed by atoms with Crippen molar-refractivity contribution in [2.45, 2.75) is 51.0 Å². The van der Waals surface area contributed by atoms with Crippen LogP contribution in [0.1, 0.15) is 60.0 Å². The number of hydrogen-bond acceptors (Lipinski definition) is 5. The van der Waals surface area contributed by atoms with Gasteiger partial charge in [-0.3, -0.25) is 14.5 Å². The van der Waals surface area contributed by atoms with Gasteiger partial charge in [-0.25, -0.2) is 0 Å². The van der Waals surface area contributed by atoms with Crippen LogP contribution in [0.25, 0.3) is 11.0 Å². The summed E-state index contributed by atoms with van der Waals surface area (Å²) in [7, 11) is 1.87. The molecule has 0 aromatic carbocycles. The molecule has 0 saturated carbocycles. The van der Waals surface area contributed by atoms with Crippen LogP contribution in [0.3, 0.4) is 0 Å². The van der Waals surface area contributed by atoms with Gasteiger partial charge in [0.25, 0.3) is 5.91 Å². The predicted molar refractivity (Wildman–Crippen MR) is 104 cm³/mol. The second-order valence-corrected chi connectivity index (χ2v) is 7.90. The maximum atomic E-state index is 13.0. The number of aromatic nitrogens is 6. The Hall–Kier alpha value is -2.77. The van der Waals surface area contributed by atoms with Crippen LogP contribution in [0.4, 0.5) is 0 Å². The maximum Gasteiger partial charge on any atom is 0.255 e. The van der Waals surface area contributed by atoms with Crippen LogP contribution in [0.15, 0.2) is 18.5 Å². The second kappa shape index (κ2) is 7.00. The van der Waals surface area contributed by atoms with Gasteiger partial charge < -0.3 is 9.47 Å². The van der Waals surface area contributed by atoms with Crippen LogP contribution < -0.4 is 0 Å². The van der Waals surface area contributed by atoms with Gasteiger partial charge in [0.1, 0.15) is 17.2 Å². The monoisotopic (exact) mass is 379 g/mol. The van der Waals surface area contributed by atoms with E-state index in [0.717, 1.165) is 61.6 Å². The summed E-state index contributed by atoms with van der Waals surface area (Å²) in [6, 6.07) is 1.89. The summed E-state index contributed by atoms with van der Waals surface area (Å²) in [5.74, 6) is 2.71. The van der Waals surface area contributed by atoms with E-state index in [2.05, 4.69) is 24.8 Å². The van der Waals surface area contributed by atoms with Crippen LogP contribution >= 0.6 is 0 Å². The van der Waals surface area contributed by atoms with E-state index in [1.807, 2.05) is 18.0 Å². The van der Waals surface area contributed by atoms with Crippen LogP contribution in [-0.4, -0.2) is 53.4 Å². The molecule has 1 amide bonds. The highest BCUT2D eigenvalue weighted by Crippen LogP contribution is 2.29. The highest BCUT2D eigenvalue weighted by molar-refractivity contribution is 5.96. The largest absolute Gasteiger partial charge is 0.339 e. The van der Waals surface area contributed by atoms with Gasteiger partial charge in [-0.15, -0.1) is 10.2 Å². The zero-order valence-electron chi connectivity index (χ0n) is 16.2. The molecular weight excluding hydrogens is 354 g/mol. The van der Waals surface area contributed by atoms with E-state index in [-0.39, 0.29) is 5.91 Å². The molecule has 0 unspecified atom stereocenters. The Morgan fingerprint density at radius 1 is 1.07 bits per heavy atom. The van der Waals surface area contributed by atoms with Crippen LogP contribution in [-0.2, 0) is 20.0 Å². The van der Waals surface area contributed by atoms with E-state index in [9.17, 15) is 4.79 Å². The van der Waals surface area contributed by atoms with Gasteiger partial charge in [0.15, 0.2) is 0 Å².